The second kappa shape index (κ2) is 11.9. The predicted molar refractivity (Wildman–Crippen MR) is 137 cm³/mol. The number of ether oxygens (including phenoxy) is 1. The number of halogens is 1. The summed E-state index contributed by atoms with van der Waals surface area (Å²) in [6.45, 7) is 0.652. The number of hydrogen-bond acceptors (Lipinski definition) is 5. The Kier molecular flexibility index (Phi) is 8.89. The highest BCUT2D eigenvalue weighted by Crippen LogP contribution is 2.44. The van der Waals surface area contributed by atoms with Gasteiger partial charge in [0.05, 0.1) is 11.7 Å². The maximum Gasteiger partial charge on any atom is 0.364 e. The summed E-state index contributed by atoms with van der Waals surface area (Å²) in [6.07, 6.45) is 3.46. The standard InChI is InChI=1S/C26H29ClNO4PS/c27-25-17-24(12-11-21(25)8-5-13-26(28)14-15-33(30)32(29)19-26)34-23-10-4-9-22(16-23)31-18-20-6-2-1-3-7-20/h1-4,6-7,9-12,16-17,30H,5,8,13-15,18-19,28H2. The number of benzene rings is 3. The minimum Gasteiger partial charge on any atom is -0.532 e. The van der Waals surface area contributed by atoms with Gasteiger partial charge < -0.3 is 24.9 Å². The van der Waals surface area contributed by atoms with Gasteiger partial charge >= 0.3 is 8.38 Å². The SMILES string of the molecule is NC1(CCCc2ccc(Sc3cccc(OCc4ccccc4)c3)cc2Cl)CCP(O)[O+]([O-])C1. The topological polar surface area (TPSA) is 81.2 Å². The smallest absolute Gasteiger partial charge is 0.364 e. The first kappa shape index (κ1) is 25.5. The molecule has 1 aliphatic heterocycles. The van der Waals surface area contributed by atoms with E-state index in [0.717, 1.165) is 44.5 Å². The largest absolute Gasteiger partial charge is 0.532 e. The van der Waals surface area contributed by atoms with Crippen molar-refractivity contribution in [1.29, 1.82) is 0 Å². The van der Waals surface area contributed by atoms with Gasteiger partial charge in [0.25, 0.3) is 0 Å². The summed E-state index contributed by atoms with van der Waals surface area (Å²) >= 11 is 8.22. The Morgan fingerprint density at radius 3 is 2.65 bits per heavy atom. The molecule has 0 amide bonds. The lowest BCUT2D eigenvalue weighted by atomic mass is 9.90. The van der Waals surface area contributed by atoms with E-state index >= 15 is 0 Å². The van der Waals surface area contributed by atoms with Crippen molar-refractivity contribution in [3.8, 4) is 5.75 Å². The van der Waals surface area contributed by atoms with E-state index in [-0.39, 0.29) is 6.61 Å². The van der Waals surface area contributed by atoms with Gasteiger partial charge in [-0.1, -0.05) is 65.8 Å². The van der Waals surface area contributed by atoms with Crippen LogP contribution in [0.2, 0.25) is 5.02 Å². The molecule has 34 heavy (non-hydrogen) atoms. The van der Waals surface area contributed by atoms with Crippen molar-refractivity contribution >= 4 is 31.7 Å². The zero-order valence-electron chi connectivity index (χ0n) is 18.9. The van der Waals surface area contributed by atoms with Gasteiger partial charge in [-0.3, -0.25) is 0 Å². The minimum atomic E-state index is -1.63. The summed E-state index contributed by atoms with van der Waals surface area (Å²) in [5.74, 6) is 0.832. The fraction of sp³-hybridized carbons (Fsp3) is 0.308. The Bertz CT molecular complexity index is 1090. The first-order valence-corrected chi connectivity index (χ1v) is 13.9. The molecule has 3 N–H and O–H groups in total. The monoisotopic (exact) mass is 517 g/mol. The first-order chi connectivity index (χ1) is 16.4. The first-order valence-electron chi connectivity index (χ1n) is 11.3. The van der Waals surface area contributed by atoms with E-state index in [0.29, 0.717) is 25.6 Å². The van der Waals surface area contributed by atoms with E-state index in [1.165, 1.54) is 0 Å². The van der Waals surface area contributed by atoms with Crippen molar-refractivity contribution in [3.63, 3.8) is 0 Å². The van der Waals surface area contributed by atoms with Gasteiger partial charge in [0.15, 0.2) is 6.61 Å². The van der Waals surface area contributed by atoms with Crippen LogP contribution in [-0.2, 0) is 17.3 Å². The number of aryl methyl sites for hydroxylation is 1. The lowest BCUT2D eigenvalue weighted by molar-refractivity contribution is -0.741. The lowest BCUT2D eigenvalue weighted by Gasteiger charge is -2.39. The quantitative estimate of drug-likeness (QED) is 0.218. The van der Waals surface area contributed by atoms with Crippen LogP contribution in [-0.4, -0.2) is 23.2 Å². The highest BCUT2D eigenvalue weighted by Gasteiger charge is 2.39. The maximum atomic E-state index is 11.7. The van der Waals surface area contributed by atoms with Crippen molar-refractivity contribution in [2.24, 2.45) is 5.73 Å². The molecule has 8 heteroatoms. The molecule has 3 aromatic carbocycles. The highest BCUT2D eigenvalue weighted by molar-refractivity contribution is 7.99. The van der Waals surface area contributed by atoms with Crippen LogP contribution in [0.25, 0.3) is 0 Å². The molecule has 0 bridgehead atoms. The summed E-state index contributed by atoms with van der Waals surface area (Å²) in [5.41, 5.74) is 8.02. The van der Waals surface area contributed by atoms with E-state index in [1.54, 1.807) is 16.1 Å². The molecule has 0 aromatic heterocycles. The van der Waals surface area contributed by atoms with Crippen molar-refractivity contribution in [2.45, 2.75) is 47.6 Å². The van der Waals surface area contributed by atoms with E-state index in [4.69, 9.17) is 22.1 Å². The third-order valence-corrected chi connectivity index (χ3v) is 8.42. The van der Waals surface area contributed by atoms with Crippen LogP contribution in [0.5, 0.6) is 5.75 Å². The second-order valence-corrected chi connectivity index (χ2v) is 11.7. The molecular formula is C26H29ClNO4PS. The number of rotatable bonds is 9. The summed E-state index contributed by atoms with van der Waals surface area (Å²) in [6, 6.07) is 24.3. The zero-order chi connectivity index (χ0) is 24.0. The highest BCUT2D eigenvalue weighted by atomic mass is 35.5. The molecule has 3 aromatic rings. The van der Waals surface area contributed by atoms with Crippen LogP contribution >= 0.6 is 31.7 Å². The van der Waals surface area contributed by atoms with Crippen molar-refractivity contribution in [2.75, 3.05) is 12.8 Å². The van der Waals surface area contributed by atoms with Gasteiger partial charge in [0, 0.05) is 14.8 Å². The van der Waals surface area contributed by atoms with Gasteiger partial charge in [-0.2, -0.15) is 0 Å². The van der Waals surface area contributed by atoms with E-state index < -0.39 is 13.9 Å². The fourth-order valence-corrected chi connectivity index (χ4v) is 6.43. The Morgan fingerprint density at radius 2 is 1.88 bits per heavy atom. The Balaban J connectivity index is 1.30. The summed E-state index contributed by atoms with van der Waals surface area (Å²) < 4.78 is 7.54. The van der Waals surface area contributed by atoms with Gasteiger partial charge in [0.1, 0.15) is 12.4 Å². The molecule has 1 saturated heterocycles. The maximum absolute atomic E-state index is 11.7. The van der Waals surface area contributed by atoms with Gasteiger partial charge in [-0.15, -0.1) is 0 Å². The molecule has 1 fully saturated rings. The molecule has 4 rings (SSSR count). The van der Waals surface area contributed by atoms with Crippen LogP contribution in [0.15, 0.2) is 82.6 Å². The Hall–Kier alpha value is -1.63. The second-order valence-electron chi connectivity index (χ2n) is 8.61. The molecule has 0 aliphatic carbocycles. The molecule has 2 atom stereocenters. The molecule has 5 nitrogen and oxygen atoms in total. The predicted octanol–water partition coefficient (Wildman–Crippen LogP) is 5.63. The average molecular weight is 518 g/mol. The van der Waals surface area contributed by atoms with Crippen LogP contribution in [0.4, 0.5) is 0 Å². The van der Waals surface area contributed by atoms with E-state index in [9.17, 15) is 10.2 Å². The van der Waals surface area contributed by atoms with Gasteiger partial charge in [-0.25, -0.2) is 0 Å². The van der Waals surface area contributed by atoms with Crippen molar-refractivity contribution in [3.05, 3.63) is 88.9 Å². The lowest BCUT2D eigenvalue weighted by Crippen LogP contribution is -2.52. The van der Waals surface area contributed by atoms with Crippen LogP contribution in [0, 0.1) is 0 Å². The van der Waals surface area contributed by atoms with Crippen molar-refractivity contribution < 1.29 is 19.2 Å². The minimum absolute atomic E-state index is 0.118. The van der Waals surface area contributed by atoms with E-state index in [1.807, 2.05) is 54.6 Å². The molecular weight excluding hydrogens is 489 g/mol. The normalized spacial score (nSPS) is 20.9. The third kappa shape index (κ3) is 7.19. The summed E-state index contributed by atoms with van der Waals surface area (Å²) in [4.78, 5) is 11.8. The summed E-state index contributed by atoms with van der Waals surface area (Å²) in [7, 11) is -1.63. The molecule has 2 unspecified atom stereocenters. The molecule has 180 valence electrons. The van der Waals surface area contributed by atoms with Crippen LogP contribution < -0.4 is 15.7 Å². The Labute approximate surface area is 211 Å². The van der Waals surface area contributed by atoms with Crippen LogP contribution in [0.3, 0.4) is 0 Å². The average Bonchev–Trinajstić information content (AvgIpc) is 2.83. The molecule has 0 radical (unpaired) electrons. The zero-order valence-corrected chi connectivity index (χ0v) is 21.3. The van der Waals surface area contributed by atoms with Crippen molar-refractivity contribution in [1.82, 2.24) is 0 Å². The van der Waals surface area contributed by atoms with Gasteiger partial charge in [-0.05, 0) is 67.1 Å². The van der Waals surface area contributed by atoms with Gasteiger partial charge in [0.2, 0.25) is 0 Å². The van der Waals surface area contributed by atoms with Crippen LogP contribution in [0.1, 0.15) is 30.4 Å². The molecule has 0 saturated carbocycles. The van der Waals surface area contributed by atoms with E-state index in [2.05, 4.69) is 18.2 Å². The molecule has 1 heterocycles. The number of nitrogens with two attached hydrogens (primary N) is 1. The molecule has 0 spiro atoms. The fourth-order valence-electron chi connectivity index (χ4n) is 3.94. The Morgan fingerprint density at radius 1 is 1.09 bits per heavy atom. The molecule has 1 aliphatic rings. The third-order valence-electron chi connectivity index (χ3n) is 5.88. The number of hydrogen-bond donors (Lipinski definition) is 2. The summed E-state index contributed by atoms with van der Waals surface area (Å²) in [5, 5.41) is 12.4.